The third kappa shape index (κ3) is 6.29. The van der Waals surface area contributed by atoms with Gasteiger partial charge in [0.1, 0.15) is 12.4 Å². The normalized spacial score (nSPS) is 18.9. The molecule has 0 spiro atoms. The van der Waals surface area contributed by atoms with Crippen LogP contribution in [0.5, 0.6) is 5.75 Å². The molecule has 218 valence electrons. The fourth-order valence-corrected chi connectivity index (χ4v) is 6.40. The zero-order chi connectivity index (χ0) is 29.3. The quantitative estimate of drug-likeness (QED) is 0.181. The number of carbonyl (C=O) groups is 1. The maximum Gasteiger partial charge on any atom is 0.306 e. The highest BCUT2D eigenvalue weighted by Crippen LogP contribution is 2.51. The minimum atomic E-state index is -2.70. The molecule has 0 aromatic heterocycles. The average Bonchev–Trinajstić information content (AvgIpc) is 3.73. The van der Waals surface area contributed by atoms with Crippen LogP contribution in [0, 0.1) is 23.0 Å². The van der Waals surface area contributed by atoms with Crippen molar-refractivity contribution in [1.29, 1.82) is 0 Å². The first-order valence-corrected chi connectivity index (χ1v) is 14.3. The number of esters is 1. The first kappa shape index (κ1) is 29.2. The molecular weight excluding hydrogens is 532 g/mol. The molecule has 3 nitrogen and oxygen atoms in total. The van der Waals surface area contributed by atoms with Gasteiger partial charge in [-0.3, -0.25) is 4.79 Å². The molecule has 2 aliphatic carbocycles. The van der Waals surface area contributed by atoms with Crippen molar-refractivity contribution in [1.82, 2.24) is 0 Å². The van der Waals surface area contributed by atoms with E-state index in [0.717, 1.165) is 55.4 Å². The van der Waals surface area contributed by atoms with Gasteiger partial charge in [-0.25, -0.2) is 17.6 Å². The second-order valence-corrected chi connectivity index (χ2v) is 12.1. The number of alkyl halides is 2. The lowest BCUT2D eigenvalue weighted by molar-refractivity contribution is -0.141. The fourth-order valence-electron chi connectivity index (χ4n) is 6.40. The monoisotopic (exact) mass is 568 g/mol. The smallest absolute Gasteiger partial charge is 0.306 e. The fraction of sp³-hybridized carbons (Fsp3) is 0.441. The van der Waals surface area contributed by atoms with Gasteiger partial charge in [-0.15, -0.1) is 0 Å². The van der Waals surface area contributed by atoms with Gasteiger partial charge in [0, 0.05) is 17.0 Å². The molecule has 2 fully saturated rings. The average molecular weight is 569 g/mol. The number of ether oxygens (including phenoxy) is 2. The van der Waals surface area contributed by atoms with E-state index in [1.54, 1.807) is 30.3 Å². The van der Waals surface area contributed by atoms with E-state index in [1.165, 1.54) is 13.2 Å². The molecule has 1 unspecified atom stereocenters. The highest BCUT2D eigenvalue weighted by atomic mass is 19.3. The van der Waals surface area contributed by atoms with Crippen molar-refractivity contribution in [3.05, 3.63) is 88.5 Å². The van der Waals surface area contributed by atoms with Crippen LogP contribution >= 0.6 is 0 Å². The molecule has 0 N–H and O–H groups in total. The summed E-state index contributed by atoms with van der Waals surface area (Å²) in [6.07, 6.45) is 2.23. The predicted molar refractivity (Wildman–Crippen MR) is 150 cm³/mol. The Morgan fingerprint density at radius 1 is 1.00 bits per heavy atom. The first-order chi connectivity index (χ1) is 19.6. The molecule has 0 bridgehead atoms. The standard InChI is InChI=1S/C34H36F4O3/c1-34(2)15-5-7-28(34)26-16-20(9-13-23(26)27-17-22(33(37)38)12-14-29(27)35)19-41-30-8-4-6-24(32(30)36)25(21-10-11-21)18-31(39)40-3/h4,6,8-9,12-14,16-17,21,25,28,33H,5,7,10-11,15,18-19H2,1-3H3/t25-,28?/m1/s1. The van der Waals surface area contributed by atoms with E-state index in [1.807, 2.05) is 6.07 Å². The van der Waals surface area contributed by atoms with Crippen LogP contribution < -0.4 is 4.74 Å². The Morgan fingerprint density at radius 2 is 1.78 bits per heavy atom. The Balaban J connectivity index is 1.46. The van der Waals surface area contributed by atoms with Crippen molar-refractivity contribution >= 4 is 5.97 Å². The molecule has 2 atom stereocenters. The topological polar surface area (TPSA) is 35.5 Å². The molecule has 0 aliphatic heterocycles. The van der Waals surface area contributed by atoms with Crippen molar-refractivity contribution in [2.45, 2.75) is 77.2 Å². The highest BCUT2D eigenvalue weighted by Gasteiger charge is 2.38. The van der Waals surface area contributed by atoms with Gasteiger partial charge >= 0.3 is 5.97 Å². The van der Waals surface area contributed by atoms with Crippen LogP contribution in [0.15, 0.2) is 54.6 Å². The lowest BCUT2D eigenvalue weighted by Gasteiger charge is -2.30. The number of hydrogen-bond acceptors (Lipinski definition) is 3. The minimum Gasteiger partial charge on any atom is -0.486 e. The van der Waals surface area contributed by atoms with Crippen LogP contribution in [-0.4, -0.2) is 13.1 Å². The number of hydrogen-bond donors (Lipinski definition) is 0. The summed E-state index contributed by atoms with van der Waals surface area (Å²) < 4.78 is 68.5. The number of carbonyl (C=O) groups excluding carboxylic acids is 1. The number of rotatable bonds is 10. The van der Waals surface area contributed by atoms with E-state index >= 15 is 8.78 Å². The Bertz CT molecular complexity index is 1410. The second-order valence-electron chi connectivity index (χ2n) is 12.1. The minimum absolute atomic E-state index is 0.0526. The molecule has 0 heterocycles. The molecule has 0 amide bonds. The van der Waals surface area contributed by atoms with E-state index < -0.39 is 18.1 Å². The zero-order valence-corrected chi connectivity index (χ0v) is 23.7. The van der Waals surface area contributed by atoms with Crippen LogP contribution in [0.3, 0.4) is 0 Å². The molecule has 7 heteroatoms. The summed E-state index contributed by atoms with van der Waals surface area (Å²) in [6, 6.07) is 14.0. The summed E-state index contributed by atoms with van der Waals surface area (Å²) in [5.74, 6) is -1.22. The number of methoxy groups -OCH3 is 1. The lowest BCUT2D eigenvalue weighted by atomic mass is 9.75. The van der Waals surface area contributed by atoms with Crippen molar-refractivity contribution < 1.29 is 31.8 Å². The summed E-state index contributed by atoms with van der Waals surface area (Å²) in [6.45, 7) is 4.43. The summed E-state index contributed by atoms with van der Waals surface area (Å²) in [4.78, 5) is 12.0. The summed E-state index contributed by atoms with van der Waals surface area (Å²) >= 11 is 0. The maximum absolute atomic E-state index is 15.6. The van der Waals surface area contributed by atoms with Crippen LogP contribution in [-0.2, 0) is 16.1 Å². The highest BCUT2D eigenvalue weighted by molar-refractivity contribution is 5.71. The van der Waals surface area contributed by atoms with E-state index in [2.05, 4.69) is 13.8 Å². The molecule has 0 radical (unpaired) electrons. The van der Waals surface area contributed by atoms with Crippen molar-refractivity contribution in [3.8, 4) is 16.9 Å². The summed E-state index contributed by atoms with van der Waals surface area (Å²) in [5.41, 5.74) is 2.59. The Kier molecular flexibility index (Phi) is 8.44. The molecule has 2 aliphatic rings. The third-order valence-corrected chi connectivity index (χ3v) is 8.87. The van der Waals surface area contributed by atoms with E-state index in [-0.39, 0.29) is 59.0 Å². The molecule has 3 aromatic carbocycles. The van der Waals surface area contributed by atoms with Gasteiger partial charge < -0.3 is 9.47 Å². The van der Waals surface area contributed by atoms with E-state index in [0.29, 0.717) is 11.1 Å². The van der Waals surface area contributed by atoms with Crippen LogP contribution in [0.2, 0.25) is 0 Å². The SMILES string of the molecule is COC(=O)C[C@@H](c1cccc(OCc2ccc(-c3cc(C(F)F)ccc3F)c(C3CCCC3(C)C)c2)c1F)C1CC1. The predicted octanol–water partition coefficient (Wildman–Crippen LogP) is 9.50. The molecule has 3 aromatic rings. The van der Waals surface area contributed by atoms with Crippen LogP contribution in [0.25, 0.3) is 11.1 Å². The number of benzene rings is 3. The summed E-state index contributed by atoms with van der Waals surface area (Å²) in [7, 11) is 1.33. The Hall–Kier alpha value is -3.35. The van der Waals surface area contributed by atoms with Crippen molar-refractivity contribution in [3.63, 3.8) is 0 Å². The van der Waals surface area contributed by atoms with Gasteiger partial charge in [-0.05, 0) is 83.4 Å². The van der Waals surface area contributed by atoms with Gasteiger partial charge in [0.15, 0.2) is 11.6 Å². The maximum atomic E-state index is 15.6. The van der Waals surface area contributed by atoms with Gasteiger partial charge in [-0.1, -0.05) is 56.7 Å². The van der Waals surface area contributed by atoms with Crippen LogP contribution in [0.1, 0.15) is 92.9 Å². The van der Waals surface area contributed by atoms with Gasteiger partial charge in [0.25, 0.3) is 6.43 Å². The van der Waals surface area contributed by atoms with E-state index in [4.69, 9.17) is 9.47 Å². The summed E-state index contributed by atoms with van der Waals surface area (Å²) in [5, 5.41) is 0. The number of halogens is 4. The molecule has 41 heavy (non-hydrogen) atoms. The van der Waals surface area contributed by atoms with Crippen LogP contribution in [0.4, 0.5) is 17.6 Å². The molecule has 2 saturated carbocycles. The largest absolute Gasteiger partial charge is 0.486 e. The molecule has 0 saturated heterocycles. The zero-order valence-electron chi connectivity index (χ0n) is 23.7. The molecule has 5 rings (SSSR count). The second kappa shape index (κ2) is 11.9. The van der Waals surface area contributed by atoms with Gasteiger partial charge in [0.2, 0.25) is 0 Å². The third-order valence-electron chi connectivity index (χ3n) is 8.87. The Labute approximate surface area is 238 Å². The van der Waals surface area contributed by atoms with Gasteiger partial charge in [0.05, 0.1) is 13.5 Å². The molecular formula is C34H36F4O3. The lowest BCUT2D eigenvalue weighted by Crippen LogP contribution is -2.17. The van der Waals surface area contributed by atoms with E-state index in [9.17, 15) is 13.6 Å². The van der Waals surface area contributed by atoms with Gasteiger partial charge in [-0.2, -0.15) is 0 Å². The first-order valence-electron chi connectivity index (χ1n) is 14.3. The van der Waals surface area contributed by atoms with Crippen molar-refractivity contribution in [2.75, 3.05) is 7.11 Å². The Morgan fingerprint density at radius 3 is 2.44 bits per heavy atom. The van der Waals surface area contributed by atoms with Crippen molar-refractivity contribution in [2.24, 2.45) is 11.3 Å².